The molecule has 0 saturated heterocycles. The smallest absolute Gasteiger partial charge is 0.316 e. The Morgan fingerprint density at radius 3 is 2.41 bits per heavy atom. The topological polar surface area (TPSA) is 98.5 Å². The zero-order valence-corrected chi connectivity index (χ0v) is 15.0. The maximum atomic E-state index is 12.8. The number of nitro benzene ring substituents is 1. The molecule has 1 amide bonds. The summed E-state index contributed by atoms with van der Waals surface area (Å²) in [7, 11) is 0. The Labute approximate surface area is 159 Å². The van der Waals surface area contributed by atoms with Crippen molar-refractivity contribution in [1.29, 1.82) is 0 Å². The number of halogens is 1. The van der Waals surface area contributed by atoms with E-state index < -0.39 is 16.8 Å². The summed E-state index contributed by atoms with van der Waals surface area (Å²) in [5.41, 5.74) is 0.854. The largest absolute Gasteiger partial charge is 0.455 e. The van der Waals surface area contributed by atoms with Crippen LogP contribution in [0.1, 0.15) is 5.56 Å². The summed E-state index contributed by atoms with van der Waals surface area (Å²) in [6, 6.07) is 11.7. The van der Waals surface area contributed by atoms with Crippen LogP contribution < -0.4 is 5.32 Å². The van der Waals surface area contributed by atoms with E-state index in [0.717, 1.165) is 17.3 Å². The average molecular weight is 392 g/mol. The second kappa shape index (κ2) is 10.3. The van der Waals surface area contributed by atoms with Crippen molar-refractivity contribution in [2.45, 2.75) is 11.3 Å². The Morgan fingerprint density at radius 1 is 1.11 bits per heavy atom. The first-order chi connectivity index (χ1) is 12.9. The van der Waals surface area contributed by atoms with E-state index in [4.69, 9.17) is 4.74 Å². The molecule has 1 N–H and O–H groups in total. The number of nitrogens with one attached hydrogen (secondary N) is 1. The van der Waals surface area contributed by atoms with Crippen LogP contribution in [0, 0.1) is 15.9 Å². The molecule has 0 fully saturated rings. The van der Waals surface area contributed by atoms with Crippen molar-refractivity contribution in [2.75, 3.05) is 18.9 Å². The van der Waals surface area contributed by atoms with Gasteiger partial charge >= 0.3 is 5.97 Å². The van der Waals surface area contributed by atoms with Gasteiger partial charge in [0.2, 0.25) is 0 Å². The van der Waals surface area contributed by atoms with E-state index in [-0.39, 0.29) is 23.9 Å². The highest BCUT2D eigenvalue weighted by Gasteiger charge is 2.09. The molecule has 0 aliphatic rings. The fraction of sp³-hybridized carbons (Fsp3) is 0.222. The van der Waals surface area contributed by atoms with Crippen molar-refractivity contribution in [2.24, 2.45) is 0 Å². The fourth-order valence-corrected chi connectivity index (χ4v) is 2.74. The Morgan fingerprint density at radius 2 is 1.78 bits per heavy atom. The van der Waals surface area contributed by atoms with E-state index in [1.165, 1.54) is 36.4 Å². The highest BCUT2D eigenvalue weighted by Crippen LogP contribution is 2.21. The molecular weight excluding hydrogens is 375 g/mol. The summed E-state index contributed by atoms with van der Waals surface area (Å²) in [5.74, 6) is -1.32. The van der Waals surface area contributed by atoms with Gasteiger partial charge in [-0.1, -0.05) is 12.1 Å². The van der Waals surface area contributed by atoms with Crippen LogP contribution in [-0.4, -0.2) is 35.7 Å². The van der Waals surface area contributed by atoms with E-state index in [1.807, 2.05) is 0 Å². The number of rotatable bonds is 9. The van der Waals surface area contributed by atoms with E-state index in [9.17, 15) is 24.1 Å². The maximum Gasteiger partial charge on any atom is 0.316 e. The lowest BCUT2D eigenvalue weighted by atomic mass is 10.1. The quantitative estimate of drug-likeness (QED) is 0.305. The van der Waals surface area contributed by atoms with Gasteiger partial charge in [-0.05, 0) is 36.2 Å². The molecule has 2 aromatic carbocycles. The Kier molecular flexibility index (Phi) is 7.75. The number of hydrogen-bond donors (Lipinski definition) is 1. The summed E-state index contributed by atoms with van der Waals surface area (Å²) in [6.45, 7) is -0.0391. The van der Waals surface area contributed by atoms with Crippen molar-refractivity contribution in [3.05, 3.63) is 70.0 Å². The molecular formula is C18H17FN2O5S. The minimum atomic E-state index is -0.563. The number of nitro groups is 1. The normalized spacial score (nSPS) is 10.3. The molecule has 0 radical (unpaired) electrons. The van der Waals surface area contributed by atoms with Crippen LogP contribution in [0.4, 0.5) is 10.1 Å². The Bertz CT molecular complexity index is 796. The molecule has 0 spiro atoms. The number of amides is 1. The third-order valence-electron chi connectivity index (χ3n) is 3.42. The van der Waals surface area contributed by atoms with E-state index in [2.05, 4.69) is 5.32 Å². The number of ether oxygens (including phenoxy) is 1. The fourth-order valence-electron chi connectivity index (χ4n) is 2.04. The van der Waals surface area contributed by atoms with E-state index in [1.54, 1.807) is 12.1 Å². The van der Waals surface area contributed by atoms with Gasteiger partial charge in [-0.15, -0.1) is 11.8 Å². The summed E-state index contributed by atoms with van der Waals surface area (Å²) in [5, 5.41) is 13.2. The third kappa shape index (κ3) is 7.45. The molecule has 0 bridgehead atoms. The van der Waals surface area contributed by atoms with E-state index >= 15 is 0 Å². The second-order valence-corrected chi connectivity index (χ2v) is 6.48. The van der Waals surface area contributed by atoms with Gasteiger partial charge in [0.05, 0.1) is 10.7 Å². The number of non-ortho nitro benzene ring substituents is 1. The van der Waals surface area contributed by atoms with Crippen molar-refractivity contribution in [1.82, 2.24) is 5.32 Å². The monoisotopic (exact) mass is 392 g/mol. The summed E-state index contributed by atoms with van der Waals surface area (Å²) in [6.07, 6.45) is 0.538. The predicted octanol–water partition coefficient (Wildman–Crippen LogP) is 2.73. The standard InChI is InChI=1S/C18H17FN2O5S/c19-14-3-1-13(2-4-14)9-10-20-17(22)11-26-18(23)12-27-16-7-5-15(6-8-16)21(24)25/h1-8H,9-12H2,(H,20,22). The minimum absolute atomic E-state index is 0.0132. The highest BCUT2D eigenvalue weighted by atomic mass is 32.2. The lowest BCUT2D eigenvalue weighted by Gasteiger charge is -2.07. The zero-order chi connectivity index (χ0) is 19.6. The van der Waals surface area contributed by atoms with Crippen LogP contribution in [0.5, 0.6) is 0 Å². The molecule has 2 aromatic rings. The van der Waals surface area contributed by atoms with Gasteiger partial charge in [-0.25, -0.2) is 4.39 Å². The SMILES string of the molecule is O=C(COC(=O)CSc1ccc([N+](=O)[O-])cc1)NCCc1ccc(F)cc1. The summed E-state index contributed by atoms with van der Waals surface area (Å²) >= 11 is 1.16. The van der Waals surface area contributed by atoms with Crippen LogP contribution >= 0.6 is 11.8 Å². The number of thioether (sulfide) groups is 1. The number of benzene rings is 2. The summed E-state index contributed by atoms with van der Waals surface area (Å²) < 4.78 is 17.7. The number of carbonyl (C=O) groups excluding carboxylic acids is 2. The minimum Gasteiger partial charge on any atom is -0.455 e. The molecule has 9 heteroatoms. The van der Waals surface area contributed by atoms with Crippen molar-refractivity contribution < 1.29 is 23.6 Å². The third-order valence-corrected chi connectivity index (χ3v) is 4.40. The molecule has 7 nitrogen and oxygen atoms in total. The number of hydrogen-bond acceptors (Lipinski definition) is 6. The molecule has 0 aliphatic carbocycles. The molecule has 2 rings (SSSR count). The van der Waals surface area contributed by atoms with Gasteiger partial charge in [0.1, 0.15) is 5.82 Å². The van der Waals surface area contributed by atoms with Crippen molar-refractivity contribution in [3.8, 4) is 0 Å². The molecule has 142 valence electrons. The van der Waals surface area contributed by atoms with Gasteiger partial charge in [0, 0.05) is 23.6 Å². The molecule has 0 heterocycles. The zero-order valence-electron chi connectivity index (χ0n) is 14.2. The van der Waals surface area contributed by atoms with Crippen LogP contribution in [0.25, 0.3) is 0 Å². The molecule has 0 saturated carbocycles. The first-order valence-corrected chi connectivity index (χ1v) is 8.96. The van der Waals surface area contributed by atoms with Gasteiger partial charge in [-0.2, -0.15) is 0 Å². The van der Waals surface area contributed by atoms with Crippen LogP contribution in [-0.2, 0) is 20.7 Å². The number of nitrogens with zero attached hydrogens (tertiary/aromatic N) is 1. The van der Waals surface area contributed by atoms with Gasteiger partial charge in [0.15, 0.2) is 6.61 Å². The molecule has 0 unspecified atom stereocenters. The first kappa shape index (κ1) is 20.4. The Balaban J connectivity index is 1.62. The van der Waals surface area contributed by atoms with Crippen molar-refractivity contribution in [3.63, 3.8) is 0 Å². The highest BCUT2D eigenvalue weighted by molar-refractivity contribution is 8.00. The second-order valence-electron chi connectivity index (χ2n) is 5.43. The lowest BCUT2D eigenvalue weighted by molar-refractivity contribution is -0.384. The molecule has 27 heavy (non-hydrogen) atoms. The maximum absolute atomic E-state index is 12.8. The molecule has 0 aromatic heterocycles. The molecule has 0 atom stereocenters. The number of esters is 1. The molecule has 0 aliphatic heterocycles. The lowest BCUT2D eigenvalue weighted by Crippen LogP contribution is -2.30. The first-order valence-electron chi connectivity index (χ1n) is 7.98. The Hall–Kier alpha value is -2.94. The number of carbonyl (C=O) groups is 2. The average Bonchev–Trinajstić information content (AvgIpc) is 2.66. The summed E-state index contributed by atoms with van der Waals surface area (Å²) in [4.78, 5) is 34.1. The van der Waals surface area contributed by atoms with E-state index in [0.29, 0.717) is 17.9 Å². The van der Waals surface area contributed by atoms with Crippen LogP contribution in [0.3, 0.4) is 0 Å². The van der Waals surface area contributed by atoms with Gasteiger partial charge < -0.3 is 10.1 Å². The predicted molar refractivity (Wildman–Crippen MR) is 97.9 cm³/mol. The van der Waals surface area contributed by atoms with Gasteiger partial charge in [0.25, 0.3) is 11.6 Å². The van der Waals surface area contributed by atoms with Crippen LogP contribution in [0.2, 0.25) is 0 Å². The van der Waals surface area contributed by atoms with Crippen LogP contribution in [0.15, 0.2) is 53.4 Å². The van der Waals surface area contributed by atoms with Gasteiger partial charge in [-0.3, -0.25) is 19.7 Å². The van der Waals surface area contributed by atoms with Crippen molar-refractivity contribution >= 4 is 29.3 Å².